The summed E-state index contributed by atoms with van der Waals surface area (Å²) < 4.78 is 6.31. The van der Waals surface area contributed by atoms with Gasteiger partial charge in [-0.2, -0.15) is 0 Å². The topological polar surface area (TPSA) is 46.3 Å². The van der Waals surface area contributed by atoms with Crippen molar-refractivity contribution in [2.24, 2.45) is 0 Å². The largest absolute Gasteiger partial charge is 0.391 e. The van der Waals surface area contributed by atoms with Crippen molar-refractivity contribution in [1.82, 2.24) is 5.16 Å². The number of halogens is 3. The Morgan fingerprint density at radius 1 is 1.09 bits per heavy atom. The molecule has 0 spiro atoms. The molecular weight excluding hydrogens is 389 g/mol. The van der Waals surface area contributed by atoms with Crippen molar-refractivity contribution in [1.29, 1.82) is 0 Å². The van der Waals surface area contributed by atoms with E-state index < -0.39 is 0 Å². The Balaban J connectivity index is 2.20. The molecule has 3 nitrogen and oxygen atoms in total. The summed E-state index contributed by atoms with van der Waals surface area (Å²) in [6.07, 6.45) is 0. The predicted octanol–water partition coefficient (Wildman–Crippen LogP) is 5.57. The van der Waals surface area contributed by atoms with E-state index in [1.165, 1.54) is 0 Å². The van der Waals surface area contributed by atoms with Crippen LogP contribution in [0.5, 0.6) is 0 Å². The predicted molar refractivity (Wildman–Crippen MR) is 91.0 cm³/mol. The highest BCUT2D eigenvalue weighted by atomic mass is 79.9. The minimum absolute atomic E-state index is 0.224. The third kappa shape index (κ3) is 2.79. The van der Waals surface area contributed by atoms with Crippen molar-refractivity contribution in [3.05, 3.63) is 62.5 Å². The fraction of sp³-hybridized carbons (Fsp3) is 0.0625. The van der Waals surface area contributed by atoms with Crippen LogP contribution in [0.4, 0.5) is 0 Å². The molecule has 6 heteroatoms. The number of nitrogens with zero attached hydrogens (tertiary/aromatic N) is 1. The molecule has 0 aliphatic heterocycles. The Hall–Kier alpha value is -1.33. The second kappa shape index (κ2) is 6.42. The molecule has 0 aliphatic carbocycles. The fourth-order valence-corrected chi connectivity index (χ4v) is 3.05. The smallest absolute Gasteiger partial charge is 0.174 e. The van der Waals surface area contributed by atoms with Gasteiger partial charge in [0.2, 0.25) is 0 Å². The maximum Gasteiger partial charge on any atom is 0.174 e. The molecule has 0 amide bonds. The van der Waals surface area contributed by atoms with Crippen LogP contribution in [-0.4, -0.2) is 10.3 Å². The monoisotopic (exact) mass is 397 g/mol. The Bertz CT molecular complexity index is 833. The van der Waals surface area contributed by atoms with E-state index >= 15 is 0 Å². The highest BCUT2D eigenvalue weighted by molar-refractivity contribution is 9.10. The Morgan fingerprint density at radius 3 is 2.59 bits per heavy atom. The highest BCUT2D eigenvalue weighted by Crippen LogP contribution is 2.38. The summed E-state index contributed by atoms with van der Waals surface area (Å²) >= 11 is 15.7. The van der Waals surface area contributed by atoms with Gasteiger partial charge in [0, 0.05) is 20.6 Å². The van der Waals surface area contributed by atoms with Gasteiger partial charge in [-0.25, -0.2) is 0 Å². The summed E-state index contributed by atoms with van der Waals surface area (Å²) in [7, 11) is 0. The fourth-order valence-electron chi connectivity index (χ4n) is 2.20. The summed E-state index contributed by atoms with van der Waals surface area (Å²) in [4.78, 5) is 0. The van der Waals surface area contributed by atoms with Gasteiger partial charge in [-0.05, 0) is 30.3 Å². The first kappa shape index (κ1) is 15.6. The van der Waals surface area contributed by atoms with Crippen molar-refractivity contribution < 1.29 is 9.63 Å². The standard InChI is InChI=1S/C16H10BrCl2NO2/c17-13-4-2-1-3-10(13)16-12(8-21)15(20-22-16)11-7-9(18)5-6-14(11)19/h1-7,21H,8H2. The molecule has 0 saturated carbocycles. The summed E-state index contributed by atoms with van der Waals surface area (Å²) in [5.41, 5.74) is 2.49. The molecular formula is C16H10BrCl2NO2. The molecule has 0 fully saturated rings. The van der Waals surface area contributed by atoms with Crippen LogP contribution in [0.25, 0.3) is 22.6 Å². The first-order valence-electron chi connectivity index (χ1n) is 6.41. The van der Waals surface area contributed by atoms with Crippen LogP contribution in [0, 0.1) is 0 Å². The molecule has 1 N–H and O–H groups in total. The van der Waals surface area contributed by atoms with E-state index in [2.05, 4.69) is 21.1 Å². The maximum atomic E-state index is 9.77. The van der Waals surface area contributed by atoms with Crippen LogP contribution < -0.4 is 0 Å². The molecule has 3 aromatic rings. The number of benzene rings is 2. The molecule has 1 aromatic heterocycles. The normalized spacial score (nSPS) is 10.9. The van der Waals surface area contributed by atoms with E-state index in [0.717, 1.165) is 10.0 Å². The highest BCUT2D eigenvalue weighted by Gasteiger charge is 2.21. The molecule has 0 unspecified atom stereocenters. The average Bonchev–Trinajstić information content (AvgIpc) is 2.93. The van der Waals surface area contributed by atoms with Gasteiger partial charge in [0.05, 0.1) is 17.2 Å². The number of hydrogen-bond donors (Lipinski definition) is 1. The van der Waals surface area contributed by atoms with E-state index in [1.54, 1.807) is 18.2 Å². The minimum atomic E-state index is -0.224. The lowest BCUT2D eigenvalue weighted by Crippen LogP contribution is -1.90. The second-order valence-corrected chi connectivity index (χ2v) is 6.30. The number of aliphatic hydroxyl groups is 1. The SMILES string of the molecule is OCc1c(-c2cc(Cl)ccc2Cl)noc1-c1ccccc1Br. The van der Waals surface area contributed by atoms with Crippen molar-refractivity contribution in [3.63, 3.8) is 0 Å². The van der Waals surface area contributed by atoms with E-state index in [4.69, 9.17) is 27.7 Å². The molecule has 0 bridgehead atoms. The van der Waals surface area contributed by atoms with E-state index in [-0.39, 0.29) is 6.61 Å². The first-order valence-corrected chi connectivity index (χ1v) is 7.96. The zero-order valence-electron chi connectivity index (χ0n) is 11.2. The third-order valence-electron chi connectivity index (χ3n) is 3.25. The summed E-state index contributed by atoms with van der Waals surface area (Å²) in [5.74, 6) is 0.501. The molecule has 0 atom stereocenters. The Kier molecular flexibility index (Phi) is 4.54. The quantitative estimate of drug-likeness (QED) is 0.627. The third-order valence-corrected chi connectivity index (χ3v) is 4.50. The maximum absolute atomic E-state index is 9.77. The summed E-state index contributed by atoms with van der Waals surface area (Å²) in [5, 5.41) is 14.9. The van der Waals surface area contributed by atoms with Crippen LogP contribution >= 0.6 is 39.1 Å². The van der Waals surface area contributed by atoms with Gasteiger partial charge in [-0.1, -0.05) is 56.4 Å². The minimum Gasteiger partial charge on any atom is -0.391 e. The molecule has 0 saturated heterocycles. The van der Waals surface area contributed by atoms with E-state index in [0.29, 0.717) is 32.6 Å². The molecule has 0 radical (unpaired) electrons. The molecule has 2 aromatic carbocycles. The summed E-state index contributed by atoms with van der Waals surface area (Å²) in [6.45, 7) is -0.224. The lowest BCUT2D eigenvalue weighted by molar-refractivity contribution is 0.281. The van der Waals surface area contributed by atoms with E-state index in [1.807, 2.05) is 24.3 Å². The number of aliphatic hydroxyl groups excluding tert-OH is 1. The molecule has 112 valence electrons. The van der Waals surface area contributed by atoms with E-state index in [9.17, 15) is 5.11 Å². The second-order valence-electron chi connectivity index (χ2n) is 4.60. The van der Waals surface area contributed by atoms with Crippen LogP contribution in [0.3, 0.4) is 0 Å². The summed E-state index contributed by atoms with van der Waals surface area (Å²) in [6, 6.07) is 12.6. The van der Waals surface area contributed by atoms with Crippen molar-refractivity contribution in [2.75, 3.05) is 0 Å². The van der Waals surface area contributed by atoms with Gasteiger partial charge in [0.25, 0.3) is 0 Å². The van der Waals surface area contributed by atoms with Gasteiger partial charge in [0.1, 0.15) is 5.69 Å². The van der Waals surface area contributed by atoms with Gasteiger partial charge < -0.3 is 9.63 Å². The van der Waals surface area contributed by atoms with Crippen LogP contribution in [0.2, 0.25) is 10.0 Å². The van der Waals surface area contributed by atoms with Crippen LogP contribution in [0.15, 0.2) is 51.5 Å². The van der Waals surface area contributed by atoms with Gasteiger partial charge in [0.15, 0.2) is 5.76 Å². The number of hydrogen-bond acceptors (Lipinski definition) is 3. The molecule has 22 heavy (non-hydrogen) atoms. The van der Waals surface area contributed by atoms with Crippen molar-refractivity contribution in [3.8, 4) is 22.6 Å². The van der Waals surface area contributed by atoms with Crippen LogP contribution in [-0.2, 0) is 6.61 Å². The lowest BCUT2D eigenvalue weighted by Gasteiger charge is -2.05. The molecule has 1 heterocycles. The Morgan fingerprint density at radius 2 is 1.86 bits per heavy atom. The lowest BCUT2D eigenvalue weighted by atomic mass is 10.0. The van der Waals surface area contributed by atoms with Crippen molar-refractivity contribution in [2.45, 2.75) is 6.61 Å². The average molecular weight is 399 g/mol. The molecule has 3 rings (SSSR count). The number of rotatable bonds is 3. The van der Waals surface area contributed by atoms with Crippen molar-refractivity contribution >= 4 is 39.1 Å². The van der Waals surface area contributed by atoms with Gasteiger partial charge >= 0.3 is 0 Å². The zero-order chi connectivity index (χ0) is 15.7. The Labute approximate surface area is 145 Å². The number of aromatic nitrogens is 1. The van der Waals surface area contributed by atoms with Gasteiger partial charge in [-0.3, -0.25) is 0 Å². The van der Waals surface area contributed by atoms with Gasteiger partial charge in [-0.15, -0.1) is 0 Å². The first-order chi connectivity index (χ1) is 10.6. The van der Waals surface area contributed by atoms with Crippen LogP contribution in [0.1, 0.15) is 5.56 Å². The zero-order valence-corrected chi connectivity index (χ0v) is 14.3. The molecule has 0 aliphatic rings.